The first-order valence-electron chi connectivity index (χ1n) is 8.57. The first-order chi connectivity index (χ1) is 12.0. The molecule has 0 bridgehead atoms. The van der Waals surface area contributed by atoms with Gasteiger partial charge in [0.1, 0.15) is 5.75 Å². The molecule has 25 heavy (non-hydrogen) atoms. The van der Waals surface area contributed by atoms with Gasteiger partial charge < -0.3 is 15.0 Å². The summed E-state index contributed by atoms with van der Waals surface area (Å²) in [5.74, 6) is 1.40. The molecule has 2 heterocycles. The summed E-state index contributed by atoms with van der Waals surface area (Å²) < 4.78 is 5.20. The van der Waals surface area contributed by atoms with Crippen molar-refractivity contribution in [3.63, 3.8) is 0 Å². The molecule has 3 rings (SSSR count). The summed E-state index contributed by atoms with van der Waals surface area (Å²) in [5.41, 5.74) is 2.65. The van der Waals surface area contributed by atoms with Crippen LogP contribution in [0.3, 0.4) is 0 Å². The molecule has 1 N–H and O–H groups in total. The predicted molar refractivity (Wildman–Crippen MR) is 98.1 cm³/mol. The summed E-state index contributed by atoms with van der Waals surface area (Å²) >= 11 is 0. The van der Waals surface area contributed by atoms with Gasteiger partial charge in [-0.3, -0.25) is 4.79 Å². The Labute approximate surface area is 148 Å². The van der Waals surface area contributed by atoms with Crippen molar-refractivity contribution in [1.29, 1.82) is 0 Å². The molecule has 1 saturated heterocycles. The van der Waals surface area contributed by atoms with E-state index in [1.165, 1.54) is 0 Å². The number of nitrogens with one attached hydrogen (secondary N) is 1. The van der Waals surface area contributed by atoms with Crippen molar-refractivity contribution in [2.24, 2.45) is 5.92 Å². The SMILES string of the molecule is COc1cccc(NC(=O)[C@H]2CCCN(c3nc(C)cc(C)n3)C2)c1. The van der Waals surface area contributed by atoms with Crippen molar-refractivity contribution in [1.82, 2.24) is 9.97 Å². The lowest BCUT2D eigenvalue weighted by Gasteiger charge is -2.32. The van der Waals surface area contributed by atoms with Crippen LogP contribution in [0.25, 0.3) is 0 Å². The average Bonchev–Trinajstić information content (AvgIpc) is 2.61. The minimum Gasteiger partial charge on any atom is -0.497 e. The average molecular weight is 340 g/mol. The van der Waals surface area contributed by atoms with E-state index in [2.05, 4.69) is 20.2 Å². The van der Waals surface area contributed by atoms with Crippen molar-refractivity contribution < 1.29 is 9.53 Å². The number of rotatable bonds is 4. The summed E-state index contributed by atoms with van der Waals surface area (Å²) in [6, 6.07) is 9.38. The molecule has 132 valence electrons. The lowest BCUT2D eigenvalue weighted by Crippen LogP contribution is -2.41. The van der Waals surface area contributed by atoms with Gasteiger partial charge in [-0.2, -0.15) is 0 Å². The third-order valence-electron chi connectivity index (χ3n) is 4.38. The Kier molecular flexibility index (Phi) is 5.16. The van der Waals surface area contributed by atoms with Crippen LogP contribution in [0.1, 0.15) is 24.2 Å². The van der Waals surface area contributed by atoms with Gasteiger partial charge in [-0.1, -0.05) is 6.07 Å². The van der Waals surface area contributed by atoms with Crippen molar-refractivity contribution in [2.45, 2.75) is 26.7 Å². The van der Waals surface area contributed by atoms with Crippen LogP contribution in [-0.2, 0) is 4.79 Å². The van der Waals surface area contributed by atoms with Crippen molar-refractivity contribution in [3.05, 3.63) is 41.7 Å². The molecule has 0 spiro atoms. The highest BCUT2D eigenvalue weighted by molar-refractivity contribution is 5.93. The summed E-state index contributed by atoms with van der Waals surface area (Å²) in [7, 11) is 1.61. The normalized spacial score (nSPS) is 17.2. The number of carbonyl (C=O) groups excluding carboxylic acids is 1. The monoisotopic (exact) mass is 340 g/mol. The van der Waals surface area contributed by atoms with Gasteiger partial charge in [0, 0.05) is 36.2 Å². The minimum absolute atomic E-state index is 0.0299. The van der Waals surface area contributed by atoms with Crippen LogP contribution >= 0.6 is 0 Å². The summed E-state index contributed by atoms with van der Waals surface area (Å²) in [6.45, 7) is 5.45. The molecule has 0 unspecified atom stereocenters. The fraction of sp³-hybridized carbons (Fsp3) is 0.421. The highest BCUT2D eigenvalue weighted by atomic mass is 16.5. The van der Waals surface area contributed by atoms with E-state index in [-0.39, 0.29) is 11.8 Å². The van der Waals surface area contributed by atoms with E-state index in [1.54, 1.807) is 7.11 Å². The van der Waals surface area contributed by atoms with Crippen molar-refractivity contribution in [2.75, 3.05) is 30.4 Å². The number of benzene rings is 1. The first kappa shape index (κ1) is 17.2. The van der Waals surface area contributed by atoms with Crippen LogP contribution in [0.15, 0.2) is 30.3 Å². The number of carbonyl (C=O) groups is 1. The molecular weight excluding hydrogens is 316 g/mol. The number of piperidine rings is 1. The fourth-order valence-corrected chi connectivity index (χ4v) is 3.17. The van der Waals surface area contributed by atoms with Crippen LogP contribution in [0.2, 0.25) is 0 Å². The minimum atomic E-state index is -0.0793. The molecule has 2 aromatic rings. The fourth-order valence-electron chi connectivity index (χ4n) is 3.17. The van der Waals surface area contributed by atoms with E-state index < -0.39 is 0 Å². The summed E-state index contributed by atoms with van der Waals surface area (Å²) in [6.07, 6.45) is 1.82. The molecule has 6 heteroatoms. The zero-order chi connectivity index (χ0) is 17.8. The van der Waals surface area contributed by atoms with Crippen LogP contribution in [-0.4, -0.2) is 36.1 Å². The van der Waals surface area contributed by atoms with Gasteiger partial charge >= 0.3 is 0 Å². The maximum Gasteiger partial charge on any atom is 0.229 e. The van der Waals surface area contributed by atoms with E-state index in [0.29, 0.717) is 6.54 Å². The Morgan fingerprint density at radius 1 is 1.24 bits per heavy atom. The maximum absolute atomic E-state index is 12.7. The smallest absolute Gasteiger partial charge is 0.229 e. The number of anilines is 2. The Bertz CT molecular complexity index is 743. The Morgan fingerprint density at radius 3 is 2.72 bits per heavy atom. The van der Waals surface area contributed by atoms with Crippen LogP contribution < -0.4 is 15.0 Å². The predicted octanol–water partition coefficient (Wildman–Crippen LogP) is 2.96. The number of aromatic nitrogens is 2. The lowest BCUT2D eigenvalue weighted by molar-refractivity contribution is -0.120. The van der Waals surface area contributed by atoms with Crippen LogP contribution in [0.5, 0.6) is 5.75 Å². The molecule has 1 aliphatic heterocycles. The Balaban J connectivity index is 1.68. The second-order valence-electron chi connectivity index (χ2n) is 6.46. The molecule has 1 fully saturated rings. The Hall–Kier alpha value is -2.63. The molecule has 1 atom stereocenters. The van der Waals surface area contributed by atoms with Gasteiger partial charge in [0.2, 0.25) is 11.9 Å². The standard InChI is InChI=1S/C19H24N4O2/c1-13-10-14(2)21-19(20-13)23-9-5-6-15(12-23)18(24)22-16-7-4-8-17(11-16)25-3/h4,7-8,10-11,15H,5-6,9,12H2,1-3H3,(H,22,24)/t15-/m0/s1. The first-order valence-corrected chi connectivity index (χ1v) is 8.57. The van der Waals surface area contributed by atoms with Crippen LogP contribution in [0, 0.1) is 19.8 Å². The van der Waals surface area contributed by atoms with Gasteiger partial charge in [0.25, 0.3) is 0 Å². The maximum atomic E-state index is 12.7. The zero-order valence-electron chi connectivity index (χ0n) is 15.0. The number of nitrogens with zero attached hydrogens (tertiary/aromatic N) is 3. The summed E-state index contributed by atoms with van der Waals surface area (Å²) in [4.78, 5) is 23.8. The zero-order valence-corrected chi connectivity index (χ0v) is 15.0. The number of amides is 1. The topological polar surface area (TPSA) is 67.3 Å². The highest BCUT2D eigenvalue weighted by Crippen LogP contribution is 2.23. The van der Waals surface area contributed by atoms with E-state index in [0.717, 1.165) is 48.2 Å². The number of aryl methyl sites for hydroxylation is 2. The van der Waals surface area contributed by atoms with Gasteiger partial charge in [-0.05, 0) is 44.9 Å². The van der Waals surface area contributed by atoms with Crippen molar-refractivity contribution >= 4 is 17.5 Å². The molecule has 1 aliphatic rings. The summed E-state index contributed by atoms with van der Waals surface area (Å²) in [5, 5.41) is 2.99. The van der Waals surface area contributed by atoms with Gasteiger partial charge in [0.15, 0.2) is 0 Å². The van der Waals surface area contributed by atoms with E-state index in [9.17, 15) is 4.79 Å². The third kappa shape index (κ3) is 4.26. The molecule has 1 amide bonds. The van der Waals surface area contributed by atoms with E-state index in [1.807, 2.05) is 44.2 Å². The van der Waals surface area contributed by atoms with Crippen molar-refractivity contribution in [3.8, 4) is 5.75 Å². The molecule has 6 nitrogen and oxygen atoms in total. The second-order valence-corrected chi connectivity index (χ2v) is 6.46. The lowest BCUT2D eigenvalue weighted by atomic mass is 9.97. The van der Waals surface area contributed by atoms with E-state index >= 15 is 0 Å². The number of ether oxygens (including phenoxy) is 1. The molecule has 0 saturated carbocycles. The van der Waals surface area contributed by atoms with E-state index in [4.69, 9.17) is 4.74 Å². The Morgan fingerprint density at radius 2 is 2.00 bits per heavy atom. The number of methoxy groups -OCH3 is 1. The van der Waals surface area contributed by atoms with Gasteiger partial charge in [-0.15, -0.1) is 0 Å². The quantitative estimate of drug-likeness (QED) is 0.927. The highest BCUT2D eigenvalue weighted by Gasteiger charge is 2.27. The van der Waals surface area contributed by atoms with Gasteiger partial charge in [0.05, 0.1) is 13.0 Å². The molecule has 0 aliphatic carbocycles. The second kappa shape index (κ2) is 7.51. The van der Waals surface area contributed by atoms with Crippen LogP contribution in [0.4, 0.5) is 11.6 Å². The largest absolute Gasteiger partial charge is 0.497 e. The number of hydrogen-bond acceptors (Lipinski definition) is 5. The third-order valence-corrected chi connectivity index (χ3v) is 4.38. The molecule has 0 radical (unpaired) electrons. The number of hydrogen-bond donors (Lipinski definition) is 1. The molecule has 1 aromatic carbocycles. The molecular formula is C19H24N4O2. The van der Waals surface area contributed by atoms with Gasteiger partial charge in [-0.25, -0.2) is 9.97 Å². The molecule has 1 aromatic heterocycles.